The Kier molecular flexibility index (Phi) is 3.90. The van der Waals surface area contributed by atoms with E-state index in [0.717, 1.165) is 12.1 Å². The van der Waals surface area contributed by atoms with Crippen molar-refractivity contribution in [3.05, 3.63) is 58.0 Å². The van der Waals surface area contributed by atoms with Crippen molar-refractivity contribution in [1.29, 1.82) is 5.26 Å². The van der Waals surface area contributed by atoms with E-state index in [1.165, 1.54) is 0 Å². The highest BCUT2D eigenvalue weighted by atomic mass is 19.1. The Labute approximate surface area is 120 Å². The SMILES string of the molecule is Cc1oc(C)c(C(=O)C(C#N)c2cc(F)cc(F)c2)c1C. The lowest BCUT2D eigenvalue weighted by molar-refractivity contribution is 0.0977. The molecule has 0 bridgehead atoms. The number of carbonyl (C=O) groups excluding carboxylic acids is 1. The van der Waals surface area contributed by atoms with Gasteiger partial charge in [0.2, 0.25) is 0 Å². The van der Waals surface area contributed by atoms with Crippen LogP contribution in [0, 0.1) is 43.7 Å². The highest BCUT2D eigenvalue weighted by Gasteiger charge is 2.28. The van der Waals surface area contributed by atoms with Crippen molar-refractivity contribution in [3.8, 4) is 6.07 Å². The summed E-state index contributed by atoms with van der Waals surface area (Å²) in [4.78, 5) is 12.5. The monoisotopic (exact) mass is 289 g/mol. The molecular weight excluding hydrogens is 276 g/mol. The third-order valence-electron chi connectivity index (χ3n) is 3.42. The Hall–Kier alpha value is -2.48. The number of carbonyl (C=O) groups is 1. The Morgan fingerprint density at radius 1 is 1.14 bits per heavy atom. The van der Waals surface area contributed by atoms with Crippen molar-refractivity contribution in [2.75, 3.05) is 0 Å². The maximum absolute atomic E-state index is 13.3. The lowest BCUT2D eigenvalue weighted by atomic mass is 9.90. The molecule has 1 aromatic carbocycles. The third-order valence-corrected chi connectivity index (χ3v) is 3.42. The molecule has 0 saturated heterocycles. The molecule has 21 heavy (non-hydrogen) atoms. The van der Waals surface area contributed by atoms with Crippen LogP contribution in [-0.4, -0.2) is 5.78 Å². The highest BCUT2D eigenvalue weighted by Crippen LogP contribution is 2.28. The summed E-state index contributed by atoms with van der Waals surface area (Å²) in [6, 6.07) is 4.49. The first kappa shape index (κ1) is 14.9. The molecule has 0 aliphatic rings. The van der Waals surface area contributed by atoms with Gasteiger partial charge in [0.05, 0.1) is 11.6 Å². The third kappa shape index (κ3) is 2.70. The molecule has 0 spiro atoms. The van der Waals surface area contributed by atoms with E-state index in [2.05, 4.69) is 0 Å². The number of Topliss-reactive ketones (excluding diaryl/α,β-unsaturated/α-hetero) is 1. The Balaban J connectivity index is 2.51. The molecule has 0 radical (unpaired) electrons. The lowest BCUT2D eigenvalue weighted by Crippen LogP contribution is -2.13. The number of halogens is 2. The zero-order chi connectivity index (χ0) is 15.7. The summed E-state index contributed by atoms with van der Waals surface area (Å²) < 4.78 is 31.9. The summed E-state index contributed by atoms with van der Waals surface area (Å²) in [5.74, 6) is -2.46. The predicted octanol–water partition coefficient (Wildman–Crippen LogP) is 3.97. The van der Waals surface area contributed by atoms with Crippen LogP contribution >= 0.6 is 0 Å². The molecule has 0 fully saturated rings. The standard InChI is InChI=1S/C16H13F2NO2/c1-8-9(2)21-10(3)15(8)16(20)14(7-19)11-4-12(17)6-13(18)5-11/h4-6,14H,1-3H3. The molecule has 0 aliphatic heterocycles. The van der Waals surface area contributed by atoms with Crippen LogP contribution in [0.25, 0.3) is 0 Å². The lowest BCUT2D eigenvalue weighted by Gasteiger charge is -2.09. The van der Waals surface area contributed by atoms with Crippen LogP contribution in [0.1, 0.15) is 38.9 Å². The average Bonchev–Trinajstić information content (AvgIpc) is 2.62. The van der Waals surface area contributed by atoms with E-state index in [0.29, 0.717) is 28.7 Å². The van der Waals surface area contributed by atoms with Gasteiger partial charge in [-0.25, -0.2) is 8.78 Å². The van der Waals surface area contributed by atoms with E-state index >= 15 is 0 Å². The summed E-state index contributed by atoms with van der Waals surface area (Å²) >= 11 is 0. The van der Waals surface area contributed by atoms with Crippen LogP contribution in [0.4, 0.5) is 8.78 Å². The van der Waals surface area contributed by atoms with Crippen LogP contribution in [-0.2, 0) is 0 Å². The molecule has 1 atom stereocenters. The van der Waals surface area contributed by atoms with E-state index in [-0.39, 0.29) is 5.56 Å². The van der Waals surface area contributed by atoms with Gasteiger partial charge in [-0.05, 0) is 38.5 Å². The second kappa shape index (κ2) is 5.49. The van der Waals surface area contributed by atoms with Gasteiger partial charge < -0.3 is 4.42 Å². The molecule has 0 amide bonds. The van der Waals surface area contributed by atoms with Crippen molar-refractivity contribution >= 4 is 5.78 Å². The van der Waals surface area contributed by atoms with Gasteiger partial charge in [0, 0.05) is 11.6 Å². The maximum atomic E-state index is 13.3. The van der Waals surface area contributed by atoms with Crippen LogP contribution in [0.15, 0.2) is 22.6 Å². The second-order valence-corrected chi connectivity index (χ2v) is 4.84. The molecular formula is C16H13F2NO2. The number of furan rings is 1. The van der Waals surface area contributed by atoms with Gasteiger partial charge in [-0.2, -0.15) is 5.26 Å². The summed E-state index contributed by atoms with van der Waals surface area (Å²) in [5.41, 5.74) is 0.927. The minimum Gasteiger partial charge on any atom is -0.466 e. The number of nitrogens with zero attached hydrogens (tertiary/aromatic N) is 1. The number of aryl methyl sites for hydroxylation is 2. The predicted molar refractivity (Wildman–Crippen MR) is 72.0 cm³/mol. The molecule has 1 unspecified atom stereocenters. The van der Waals surface area contributed by atoms with Crippen molar-refractivity contribution in [2.24, 2.45) is 0 Å². The Morgan fingerprint density at radius 3 is 2.14 bits per heavy atom. The van der Waals surface area contributed by atoms with Gasteiger partial charge in [0.25, 0.3) is 0 Å². The average molecular weight is 289 g/mol. The normalized spacial score (nSPS) is 12.0. The zero-order valence-electron chi connectivity index (χ0n) is 11.8. The first-order valence-electron chi connectivity index (χ1n) is 6.31. The largest absolute Gasteiger partial charge is 0.466 e. The zero-order valence-corrected chi connectivity index (χ0v) is 11.8. The van der Waals surface area contributed by atoms with Crippen LogP contribution in [0.3, 0.4) is 0 Å². The molecule has 2 aromatic rings. The second-order valence-electron chi connectivity index (χ2n) is 4.84. The van der Waals surface area contributed by atoms with Gasteiger partial charge >= 0.3 is 0 Å². The molecule has 1 heterocycles. The summed E-state index contributed by atoms with van der Waals surface area (Å²) in [5, 5.41) is 9.24. The van der Waals surface area contributed by atoms with Gasteiger partial charge in [-0.1, -0.05) is 0 Å². The van der Waals surface area contributed by atoms with E-state index in [9.17, 15) is 18.8 Å². The van der Waals surface area contributed by atoms with E-state index in [1.807, 2.05) is 6.07 Å². The molecule has 2 rings (SSSR count). The van der Waals surface area contributed by atoms with Crippen molar-refractivity contribution in [3.63, 3.8) is 0 Å². The minimum atomic E-state index is -1.27. The molecule has 5 heteroatoms. The fourth-order valence-electron chi connectivity index (χ4n) is 2.33. The van der Waals surface area contributed by atoms with Crippen LogP contribution in [0.2, 0.25) is 0 Å². The van der Waals surface area contributed by atoms with Crippen LogP contribution in [0.5, 0.6) is 0 Å². The summed E-state index contributed by atoms with van der Waals surface area (Å²) in [6.07, 6.45) is 0. The number of ketones is 1. The van der Waals surface area contributed by atoms with Gasteiger partial charge in [0.15, 0.2) is 5.78 Å². The number of hydrogen-bond acceptors (Lipinski definition) is 3. The number of nitriles is 1. The molecule has 1 aromatic heterocycles. The minimum absolute atomic E-state index is 0.00217. The summed E-state index contributed by atoms with van der Waals surface area (Å²) in [7, 11) is 0. The van der Waals surface area contributed by atoms with Crippen LogP contribution < -0.4 is 0 Å². The van der Waals surface area contributed by atoms with Crippen molar-refractivity contribution in [2.45, 2.75) is 26.7 Å². The first-order valence-corrected chi connectivity index (χ1v) is 6.31. The first-order chi connectivity index (χ1) is 9.85. The molecule has 108 valence electrons. The fourth-order valence-corrected chi connectivity index (χ4v) is 2.33. The van der Waals surface area contributed by atoms with E-state index in [4.69, 9.17) is 4.42 Å². The Morgan fingerprint density at radius 2 is 1.71 bits per heavy atom. The van der Waals surface area contributed by atoms with Gasteiger partial charge in [-0.3, -0.25) is 4.79 Å². The smallest absolute Gasteiger partial charge is 0.188 e. The number of benzene rings is 1. The quantitative estimate of drug-likeness (QED) is 0.803. The molecule has 0 N–H and O–H groups in total. The van der Waals surface area contributed by atoms with Gasteiger partial charge in [0.1, 0.15) is 29.1 Å². The topological polar surface area (TPSA) is 54.0 Å². The highest BCUT2D eigenvalue weighted by molar-refractivity contribution is 6.04. The Bertz CT molecular complexity index is 736. The van der Waals surface area contributed by atoms with Gasteiger partial charge in [-0.15, -0.1) is 0 Å². The summed E-state index contributed by atoms with van der Waals surface area (Å²) in [6.45, 7) is 5.04. The van der Waals surface area contributed by atoms with Crippen molar-refractivity contribution in [1.82, 2.24) is 0 Å². The number of rotatable bonds is 3. The van der Waals surface area contributed by atoms with E-state index < -0.39 is 23.3 Å². The van der Waals surface area contributed by atoms with Crippen molar-refractivity contribution < 1.29 is 18.0 Å². The maximum Gasteiger partial charge on any atom is 0.188 e. The molecule has 0 aliphatic carbocycles. The van der Waals surface area contributed by atoms with E-state index in [1.54, 1.807) is 20.8 Å². The molecule has 3 nitrogen and oxygen atoms in total. The fraction of sp³-hybridized carbons (Fsp3) is 0.250. The number of hydrogen-bond donors (Lipinski definition) is 0. The molecule has 0 saturated carbocycles.